The average molecular weight is 387 g/mol. The van der Waals surface area contributed by atoms with E-state index in [1.807, 2.05) is 56.3 Å². The van der Waals surface area contributed by atoms with Crippen molar-refractivity contribution in [1.29, 1.82) is 0 Å². The van der Waals surface area contributed by atoms with Gasteiger partial charge in [0.15, 0.2) is 0 Å². The molecule has 0 saturated carbocycles. The van der Waals surface area contributed by atoms with E-state index in [0.29, 0.717) is 12.1 Å². The van der Waals surface area contributed by atoms with E-state index in [1.165, 1.54) is 0 Å². The van der Waals surface area contributed by atoms with Gasteiger partial charge in [-0.05, 0) is 42.8 Å². The zero-order valence-electron chi connectivity index (χ0n) is 13.9. The Morgan fingerprint density at radius 1 is 1.29 bits per heavy atom. The number of halogens is 1. The number of nitrogens with one attached hydrogen (secondary N) is 2. The normalized spacial score (nSPS) is 10.8. The molecule has 1 aromatic carbocycles. The number of fused-ring (bicyclic) bond motifs is 1. The van der Waals surface area contributed by atoms with Gasteiger partial charge in [0.05, 0.1) is 18.3 Å². The molecule has 3 aromatic rings. The first-order valence-electron chi connectivity index (χ1n) is 7.64. The van der Waals surface area contributed by atoms with Gasteiger partial charge < -0.3 is 15.2 Å². The number of amides is 1. The highest BCUT2D eigenvalue weighted by Crippen LogP contribution is 2.26. The summed E-state index contributed by atoms with van der Waals surface area (Å²) in [5.41, 5.74) is 3.76. The number of benzene rings is 1. The number of carbonyl (C=O) groups is 1. The predicted octanol–water partition coefficient (Wildman–Crippen LogP) is 3.88. The molecule has 0 radical (unpaired) electrons. The van der Waals surface area contributed by atoms with Crippen molar-refractivity contribution in [3.8, 4) is 0 Å². The zero-order chi connectivity index (χ0) is 17.3. The van der Waals surface area contributed by atoms with Gasteiger partial charge in [-0.15, -0.1) is 0 Å². The molecule has 2 heterocycles. The van der Waals surface area contributed by atoms with E-state index in [0.717, 1.165) is 32.5 Å². The summed E-state index contributed by atoms with van der Waals surface area (Å²) < 4.78 is 0.999. The summed E-state index contributed by atoms with van der Waals surface area (Å²) in [6.45, 7) is 1.99. The largest absolute Gasteiger partial charge is 0.363 e. The topological polar surface area (TPSA) is 61.0 Å². The van der Waals surface area contributed by atoms with Gasteiger partial charge in [-0.2, -0.15) is 0 Å². The third kappa shape index (κ3) is 3.43. The lowest BCUT2D eigenvalue weighted by Crippen LogP contribution is -2.15. The molecule has 3 rings (SSSR count). The maximum absolute atomic E-state index is 12.4. The lowest BCUT2D eigenvalue weighted by Gasteiger charge is -2.11. The van der Waals surface area contributed by atoms with Crippen molar-refractivity contribution in [2.45, 2.75) is 13.3 Å². The molecule has 0 unspecified atom stereocenters. The zero-order valence-corrected chi connectivity index (χ0v) is 15.4. The Balaban J connectivity index is 1.77. The summed E-state index contributed by atoms with van der Waals surface area (Å²) in [6.07, 6.45) is 1.99. The quantitative estimate of drug-likeness (QED) is 0.714. The van der Waals surface area contributed by atoms with Gasteiger partial charge in [0.1, 0.15) is 5.82 Å². The summed E-state index contributed by atoms with van der Waals surface area (Å²) in [5.74, 6) is 0.795. The number of nitrogens with zero attached hydrogens (tertiary/aromatic N) is 2. The van der Waals surface area contributed by atoms with Crippen molar-refractivity contribution in [2.75, 3.05) is 24.3 Å². The molecule has 1 amide bonds. The Morgan fingerprint density at radius 3 is 2.75 bits per heavy atom. The lowest BCUT2D eigenvalue weighted by atomic mass is 10.1. The predicted molar refractivity (Wildman–Crippen MR) is 102 cm³/mol. The van der Waals surface area contributed by atoms with E-state index in [2.05, 4.69) is 31.2 Å². The Morgan fingerprint density at radius 2 is 2.08 bits per heavy atom. The number of rotatable bonds is 4. The van der Waals surface area contributed by atoms with Crippen LogP contribution < -0.4 is 10.2 Å². The smallest absolute Gasteiger partial charge is 0.228 e. The van der Waals surface area contributed by atoms with Crippen LogP contribution in [0.4, 0.5) is 11.5 Å². The van der Waals surface area contributed by atoms with Crippen LogP contribution in [-0.4, -0.2) is 30.0 Å². The van der Waals surface area contributed by atoms with Crippen LogP contribution in [0.2, 0.25) is 0 Å². The Kier molecular flexibility index (Phi) is 4.57. The van der Waals surface area contributed by atoms with E-state index in [-0.39, 0.29) is 5.91 Å². The number of aromatic amines is 1. The molecule has 2 N–H and O–H groups in total. The maximum Gasteiger partial charge on any atom is 0.228 e. The molecule has 24 heavy (non-hydrogen) atoms. The number of pyridine rings is 1. The van der Waals surface area contributed by atoms with E-state index in [4.69, 9.17) is 0 Å². The number of H-pyrrole nitrogens is 1. The van der Waals surface area contributed by atoms with E-state index in [1.54, 1.807) is 6.20 Å². The minimum atomic E-state index is -0.0571. The molecule has 0 aliphatic rings. The second kappa shape index (κ2) is 6.65. The van der Waals surface area contributed by atoms with Gasteiger partial charge >= 0.3 is 0 Å². The fourth-order valence-corrected chi connectivity index (χ4v) is 3.03. The Hall–Kier alpha value is -2.34. The van der Waals surface area contributed by atoms with Gasteiger partial charge in [0.25, 0.3) is 0 Å². The molecule has 0 saturated heterocycles. The van der Waals surface area contributed by atoms with Crippen LogP contribution in [0.3, 0.4) is 0 Å². The van der Waals surface area contributed by atoms with Crippen molar-refractivity contribution >= 4 is 44.2 Å². The molecule has 0 bridgehead atoms. The first-order valence-corrected chi connectivity index (χ1v) is 8.43. The van der Waals surface area contributed by atoms with Crippen LogP contribution in [0.25, 0.3) is 10.9 Å². The Bertz CT molecular complexity index is 884. The summed E-state index contributed by atoms with van der Waals surface area (Å²) in [6, 6.07) is 9.77. The molecule has 0 fully saturated rings. The third-order valence-corrected chi connectivity index (χ3v) is 4.40. The van der Waals surface area contributed by atoms with Crippen molar-refractivity contribution < 1.29 is 4.79 Å². The van der Waals surface area contributed by atoms with Crippen LogP contribution in [0, 0.1) is 6.92 Å². The van der Waals surface area contributed by atoms with Crippen LogP contribution in [0.15, 0.2) is 41.0 Å². The number of anilines is 2. The molecule has 0 aliphatic heterocycles. The average Bonchev–Trinajstić information content (AvgIpc) is 2.83. The molecule has 0 spiro atoms. The Labute approximate surface area is 149 Å². The van der Waals surface area contributed by atoms with Crippen molar-refractivity contribution in [1.82, 2.24) is 9.97 Å². The minimum Gasteiger partial charge on any atom is -0.363 e. The minimum absolute atomic E-state index is 0.0571. The lowest BCUT2D eigenvalue weighted by molar-refractivity contribution is -0.115. The van der Waals surface area contributed by atoms with Crippen LogP contribution >= 0.6 is 15.9 Å². The first-order chi connectivity index (χ1) is 11.4. The van der Waals surface area contributed by atoms with Crippen LogP contribution in [0.5, 0.6) is 0 Å². The summed E-state index contributed by atoms with van der Waals surface area (Å²) >= 11 is 3.49. The molecular weight excluding hydrogens is 368 g/mol. The highest BCUT2D eigenvalue weighted by atomic mass is 79.9. The summed E-state index contributed by atoms with van der Waals surface area (Å²) in [4.78, 5) is 22.0. The molecule has 6 heteroatoms. The highest BCUT2D eigenvalue weighted by Gasteiger charge is 2.13. The highest BCUT2D eigenvalue weighted by molar-refractivity contribution is 9.10. The molecule has 124 valence electrons. The first kappa shape index (κ1) is 16.5. The second-order valence-electron chi connectivity index (χ2n) is 5.94. The van der Waals surface area contributed by atoms with Crippen molar-refractivity contribution in [3.63, 3.8) is 0 Å². The maximum atomic E-state index is 12.4. The molecule has 2 aromatic heterocycles. The van der Waals surface area contributed by atoms with Gasteiger partial charge in [-0.3, -0.25) is 4.79 Å². The number of carbonyl (C=O) groups excluding carboxylic acids is 1. The summed E-state index contributed by atoms with van der Waals surface area (Å²) in [5, 5.41) is 3.98. The van der Waals surface area contributed by atoms with Gasteiger partial charge in [0, 0.05) is 35.2 Å². The van der Waals surface area contributed by atoms with E-state index < -0.39 is 0 Å². The van der Waals surface area contributed by atoms with Crippen LogP contribution in [0.1, 0.15) is 11.3 Å². The molecular formula is C18H19BrN4O. The number of aromatic nitrogens is 2. The van der Waals surface area contributed by atoms with Gasteiger partial charge in [-0.25, -0.2) is 4.98 Å². The van der Waals surface area contributed by atoms with E-state index in [9.17, 15) is 4.79 Å². The number of hydrogen-bond donors (Lipinski definition) is 2. The molecule has 0 aliphatic carbocycles. The number of hydrogen-bond acceptors (Lipinski definition) is 3. The van der Waals surface area contributed by atoms with E-state index >= 15 is 0 Å². The van der Waals surface area contributed by atoms with Crippen molar-refractivity contribution in [3.05, 3.63) is 52.3 Å². The fourth-order valence-electron chi connectivity index (χ4n) is 2.67. The monoisotopic (exact) mass is 386 g/mol. The van der Waals surface area contributed by atoms with Gasteiger partial charge in [-0.1, -0.05) is 15.9 Å². The molecule has 5 nitrogen and oxygen atoms in total. The van der Waals surface area contributed by atoms with Crippen molar-refractivity contribution in [2.24, 2.45) is 0 Å². The second-order valence-corrected chi connectivity index (χ2v) is 6.86. The standard InChI is InChI=1S/C18H19BrN4O/c1-11-14(15-8-12(19)4-6-16(15)21-11)9-18(24)22-13-5-7-17(20-10-13)23(2)3/h4-8,10,21H,9H2,1-3H3,(H,22,24). The fraction of sp³-hybridized carbons (Fsp3) is 0.222. The SMILES string of the molecule is Cc1[nH]c2ccc(Br)cc2c1CC(=O)Nc1ccc(N(C)C)nc1. The number of aryl methyl sites for hydroxylation is 1. The third-order valence-electron chi connectivity index (χ3n) is 3.91. The van der Waals surface area contributed by atoms with Gasteiger partial charge in [0.2, 0.25) is 5.91 Å². The summed E-state index contributed by atoms with van der Waals surface area (Å²) in [7, 11) is 3.86. The molecule has 0 atom stereocenters. The van der Waals surface area contributed by atoms with Crippen LogP contribution in [-0.2, 0) is 11.2 Å².